The molecule has 1 heterocycles. The van der Waals surface area contributed by atoms with E-state index in [2.05, 4.69) is 24.3 Å². The molecule has 0 aliphatic rings. The van der Waals surface area contributed by atoms with Crippen LogP contribution in [0.25, 0.3) is 0 Å². The summed E-state index contributed by atoms with van der Waals surface area (Å²) in [7, 11) is 0. The summed E-state index contributed by atoms with van der Waals surface area (Å²) in [5, 5.41) is 17.0. The van der Waals surface area contributed by atoms with Crippen LogP contribution in [0.4, 0.5) is 5.82 Å². The van der Waals surface area contributed by atoms with Gasteiger partial charge in [0.15, 0.2) is 0 Å². The molecule has 0 radical (unpaired) electrons. The van der Waals surface area contributed by atoms with Crippen LogP contribution in [-0.2, 0) is 11.3 Å². The highest BCUT2D eigenvalue weighted by Crippen LogP contribution is 2.07. The first kappa shape index (κ1) is 15.1. The Morgan fingerprint density at radius 2 is 2.16 bits per heavy atom. The Balaban J connectivity index is 2.39. The van der Waals surface area contributed by atoms with E-state index in [1.165, 1.54) is 16.9 Å². The quantitative estimate of drug-likeness (QED) is 0.602. The number of nitrogens with one attached hydrogen (secondary N) is 1. The Labute approximate surface area is 112 Å². The maximum absolute atomic E-state index is 11.7. The molecule has 1 atom stereocenters. The number of hydrogen-bond acceptors (Lipinski definition) is 4. The Morgan fingerprint density at radius 1 is 1.47 bits per heavy atom. The van der Waals surface area contributed by atoms with Gasteiger partial charge in [-0.3, -0.25) is 4.79 Å². The fourth-order valence-corrected chi connectivity index (χ4v) is 1.66. The lowest BCUT2D eigenvalue weighted by atomic mass is 10.0. The van der Waals surface area contributed by atoms with Gasteiger partial charge in [-0.1, -0.05) is 13.8 Å². The standard InChI is InChI=1S/C12H20N4O3/c1-9(2)4-5-10(3)13-12(17)8-15-7-6-11(14-15)16(18)19/h6-7,9-10H,4-5,8H2,1-3H3,(H,13,17). The van der Waals surface area contributed by atoms with Crippen molar-refractivity contribution in [1.29, 1.82) is 0 Å². The second-order valence-electron chi connectivity index (χ2n) is 5.07. The fraction of sp³-hybridized carbons (Fsp3) is 0.667. The van der Waals surface area contributed by atoms with Gasteiger partial charge in [0.2, 0.25) is 5.91 Å². The van der Waals surface area contributed by atoms with Crippen molar-refractivity contribution in [1.82, 2.24) is 15.1 Å². The summed E-state index contributed by atoms with van der Waals surface area (Å²) < 4.78 is 1.27. The summed E-state index contributed by atoms with van der Waals surface area (Å²) in [6.07, 6.45) is 3.40. The summed E-state index contributed by atoms with van der Waals surface area (Å²) in [6, 6.07) is 1.37. The van der Waals surface area contributed by atoms with Crippen molar-refractivity contribution in [2.75, 3.05) is 0 Å². The van der Waals surface area contributed by atoms with Crippen LogP contribution in [0.3, 0.4) is 0 Å². The van der Waals surface area contributed by atoms with Crippen LogP contribution < -0.4 is 5.32 Å². The van der Waals surface area contributed by atoms with Gasteiger partial charge in [-0.05, 0) is 30.6 Å². The van der Waals surface area contributed by atoms with E-state index in [1.807, 2.05) is 6.92 Å². The number of amides is 1. The molecule has 0 saturated heterocycles. The molecule has 0 spiro atoms. The lowest BCUT2D eigenvalue weighted by Gasteiger charge is -2.14. The molecule has 1 amide bonds. The molecular formula is C12H20N4O3. The monoisotopic (exact) mass is 268 g/mol. The average molecular weight is 268 g/mol. The van der Waals surface area contributed by atoms with Gasteiger partial charge >= 0.3 is 5.82 Å². The molecule has 1 N–H and O–H groups in total. The maximum Gasteiger partial charge on any atom is 0.389 e. The Morgan fingerprint density at radius 3 is 2.68 bits per heavy atom. The zero-order chi connectivity index (χ0) is 14.4. The molecule has 0 aromatic carbocycles. The molecule has 1 rings (SSSR count). The summed E-state index contributed by atoms with van der Waals surface area (Å²) in [5.74, 6) is 0.169. The van der Waals surface area contributed by atoms with Crippen molar-refractivity contribution in [2.24, 2.45) is 5.92 Å². The van der Waals surface area contributed by atoms with E-state index < -0.39 is 4.92 Å². The molecule has 7 nitrogen and oxygen atoms in total. The molecule has 0 saturated carbocycles. The fourth-order valence-electron chi connectivity index (χ4n) is 1.66. The van der Waals surface area contributed by atoms with Crippen LogP contribution in [-0.4, -0.2) is 26.7 Å². The van der Waals surface area contributed by atoms with Crippen LogP contribution >= 0.6 is 0 Å². The minimum atomic E-state index is -0.584. The molecule has 106 valence electrons. The first-order valence-electron chi connectivity index (χ1n) is 6.35. The molecule has 0 fully saturated rings. The van der Waals surface area contributed by atoms with Crippen molar-refractivity contribution in [3.63, 3.8) is 0 Å². The third-order valence-corrected chi connectivity index (χ3v) is 2.70. The van der Waals surface area contributed by atoms with Gasteiger partial charge in [-0.25, -0.2) is 0 Å². The highest BCUT2D eigenvalue weighted by atomic mass is 16.6. The van der Waals surface area contributed by atoms with Gasteiger partial charge in [-0.2, -0.15) is 4.68 Å². The van der Waals surface area contributed by atoms with Gasteiger partial charge in [0.25, 0.3) is 0 Å². The van der Waals surface area contributed by atoms with Gasteiger partial charge < -0.3 is 15.4 Å². The molecule has 0 aliphatic carbocycles. The molecule has 19 heavy (non-hydrogen) atoms. The van der Waals surface area contributed by atoms with Crippen molar-refractivity contribution in [3.05, 3.63) is 22.4 Å². The van der Waals surface area contributed by atoms with E-state index in [1.54, 1.807) is 0 Å². The van der Waals surface area contributed by atoms with Crippen molar-refractivity contribution in [3.8, 4) is 0 Å². The van der Waals surface area contributed by atoms with Crippen LogP contribution in [0.5, 0.6) is 0 Å². The van der Waals surface area contributed by atoms with E-state index in [4.69, 9.17) is 0 Å². The number of carbonyl (C=O) groups excluding carboxylic acids is 1. The van der Waals surface area contributed by atoms with Crippen LogP contribution in [0, 0.1) is 16.0 Å². The summed E-state index contributed by atoms with van der Waals surface area (Å²) in [6.45, 7) is 6.22. The normalized spacial score (nSPS) is 12.4. The van der Waals surface area contributed by atoms with Crippen LogP contribution in [0.15, 0.2) is 12.3 Å². The topological polar surface area (TPSA) is 90.1 Å². The molecule has 1 unspecified atom stereocenters. The second-order valence-corrected chi connectivity index (χ2v) is 5.07. The smallest absolute Gasteiger partial charge is 0.358 e. The van der Waals surface area contributed by atoms with Crippen molar-refractivity contribution >= 4 is 11.7 Å². The summed E-state index contributed by atoms with van der Waals surface area (Å²) >= 11 is 0. The number of hydrogen-bond donors (Lipinski definition) is 1. The van der Waals surface area contributed by atoms with Gasteiger partial charge in [0.05, 0.1) is 17.4 Å². The van der Waals surface area contributed by atoms with Crippen LogP contribution in [0.1, 0.15) is 33.6 Å². The first-order valence-corrected chi connectivity index (χ1v) is 6.35. The van der Waals surface area contributed by atoms with E-state index in [0.717, 1.165) is 12.8 Å². The minimum absolute atomic E-state index is 0.000140. The molecule has 0 bridgehead atoms. The third kappa shape index (κ3) is 5.50. The maximum atomic E-state index is 11.7. The molecule has 1 aromatic rings. The SMILES string of the molecule is CC(C)CCC(C)NC(=O)Cn1ccc([N+](=O)[O-])n1. The van der Waals surface area contributed by atoms with Gasteiger partial charge in [-0.15, -0.1) is 0 Å². The largest absolute Gasteiger partial charge is 0.389 e. The third-order valence-electron chi connectivity index (χ3n) is 2.70. The Hall–Kier alpha value is -1.92. The van der Waals surface area contributed by atoms with Crippen molar-refractivity contribution in [2.45, 2.75) is 46.2 Å². The van der Waals surface area contributed by atoms with Gasteiger partial charge in [0.1, 0.15) is 6.54 Å². The molecule has 0 aliphatic heterocycles. The lowest BCUT2D eigenvalue weighted by Crippen LogP contribution is -2.35. The molecule has 1 aromatic heterocycles. The van der Waals surface area contributed by atoms with E-state index in [-0.39, 0.29) is 24.3 Å². The van der Waals surface area contributed by atoms with E-state index >= 15 is 0 Å². The van der Waals surface area contributed by atoms with Crippen LogP contribution in [0.2, 0.25) is 0 Å². The number of carbonyl (C=O) groups is 1. The highest BCUT2D eigenvalue weighted by molar-refractivity contribution is 5.75. The average Bonchev–Trinajstić information content (AvgIpc) is 2.74. The highest BCUT2D eigenvalue weighted by Gasteiger charge is 2.14. The summed E-state index contributed by atoms with van der Waals surface area (Å²) in [5.41, 5.74) is 0. The number of rotatable bonds is 7. The Bertz CT molecular complexity index is 442. The minimum Gasteiger partial charge on any atom is -0.358 e. The lowest BCUT2D eigenvalue weighted by molar-refractivity contribution is -0.389. The molecular weight excluding hydrogens is 248 g/mol. The zero-order valence-electron chi connectivity index (χ0n) is 11.5. The molecule has 7 heteroatoms. The van der Waals surface area contributed by atoms with Gasteiger partial charge in [0, 0.05) is 6.04 Å². The Kier molecular flexibility index (Phi) is 5.47. The number of aromatic nitrogens is 2. The number of nitro groups is 1. The first-order chi connectivity index (χ1) is 8.88. The van der Waals surface area contributed by atoms with Crippen molar-refractivity contribution < 1.29 is 9.72 Å². The number of nitrogens with zero attached hydrogens (tertiary/aromatic N) is 3. The van der Waals surface area contributed by atoms with E-state index in [0.29, 0.717) is 5.92 Å². The zero-order valence-corrected chi connectivity index (χ0v) is 11.5. The van der Waals surface area contributed by atoms with E-state index in [9.17, 15) is 14.9 Å². The summed E-state index contributed by atoms with van der Waals surface area (Å²) in [4.78, 5) is 21.6. The second kappa shape index (κ2) is 6.86. The predicted molar refractivity (Wildman–Crippen MR) is 70.6 cm³/mol. The predicted octanol–water partition coefficient (Wildman–Crippen LogP) is 1.73.